The lowest BCUT2D eigenvalue weighted by Gasteiger charge is -2.39. The highest BCUT2D eigenvalue weighted by Gasteiger charge is 2.27. The number of halogens is 1. The average Bonchev–Trinajstić information content (AvgIpc) is 2.74. The number of hydrogen-bond donors (Lipinski definition) is 1. The maximum absolute atomic E-state index is 6.59. The van der Waals surface area contributed by atoms with Crippen LogP contribution >= 0.6 is 11.6 Å². The largest absolute Gasteiger partial charge is 0.393 e. The highest BCUT2D eigenvalue weighted by atomic mass is 35.5. The van der Waals surface area contributed by atoms with Crippen molar-refractivity contribution in [1.29, 1.82) is 0 Å². The predicted octanol–water partition coefficient (Wildman–Crippen LogP) is 3.81. The minimum atomic E-state index is 0.526. The molecule has 2 aliphatic rings. The molecule has 1 unspecified atom stereocenters. The molecule has 2 fully saturated rings. The van der Waals surface area contributed by atoms with E-state index in [0.29, 0.717) is 6.04 Å². The van der Waals surface area contributed by atoms with Crippen LogP contribution in [0.15, 0.2) is 30.6 Å². The Morgan fingerprint density at radius 3 is 2.54 bits per heavy atom. The van der Waals surface area contributed by atoms with Gasteiger partial charge in [0, 0.05) is 49.5 Å². The van der Waals surface area contributed by atoms with E-state index in [4.69, 9.17) is 17.3 Å². The lowest BCUT2D eigenvalue weighted by molar-refractivity contribution is 0.447. The molecule has 2 aliphatic heterocycles. The van der Waals surface area contributed by atoms with Gasteiger partial charge in [0.15, 0.2) is 11.6 Å². The molecule has 1 aromatic heterocycles. The summed E-state index contributed by atoms with van der Waals surface area (Å²) < 4.78 is 0. The van der Waals surface area contributed by atoms with E-state index in [-0.39, 0.29) is 0 Å². The van der Waals surface area contributed by atoms with Gasteiger partial charge in [0.25, 0.3) is 0 Å². The number of anilines is 4. The summed E-state index contributed by atoms with van der Waals surface area (Å²) in [5.41, 5.74) is 8.48. The highest BCUT2D eigenvalue weighted by Crippen LogP contribution is 2.34. The Bertz CT molecular complexity index is 805. The van der Waals surface area contributed by atoms with Crippen LogP contribution < -0.4 is 20.4 Å². The summed E-state index contributed by atoms with van der Waals surface area (Å²) in [6, 6.07) is 8.57. The van der Waals surface area contributed by atoms with Gasteiger partial charge >= 0.3 is 0 Å². The van der Waals surface area contributed by atoms with Crippen LogP contribution in [-0.2, 0) is 0 Å². The number of hydrogen-bond acceptors (Lipinski definition) is 6. The number of aromatic nitrogens is 2. The summed E-state index contributed by atoms with van der Waals surface area (Å²) in [4.78, 5) is 16.1. The smallest absolute Gasteiger partial charge is 0.157 e. The molecule has 1 aromatic carbocycles. The van der Waals surface area contributed by atoms with Crippen molar-refractivity contribution in [2.75, 3.05) is 53.2 Å². The fourth-order valence-electron chi connectivity index (χ4n) is 4.41. The fourth-order valence-corrected chi connectivity index (χ4v) is 4.60. The SMILES string of the molecule is CCC1CCCCN1c1ncnc(N2CCN(c3cccc(Cl)c3)CC2)c1N. The molecule has 0 aliphatic carbocycles. The van der Waals surface area contributed by atoms with Crippen LogP contribution in [0, 0.1) is 0 Å². The van der Waals surface area contributed by atoms with Gasteiger partial charge in [0.2, 0.25) is 0 Å². The first-order valence-electron chi connectivity index (χ1n) is 10.3. The summed E-state index contributed by atoms with van der Waals surface area (Å²) in [5.74, 6) is 1.78. The van der Waals surface area contributed by atoms with Crippen molar-refractivity contribution in [2.24, 2.45) is 0 Å². The van der Waals surface area contributed by atoms with Gasteiger partial charge in [-0.2, -0.15) is 0 Å². The van der Waals surface area contributed by atoms with Crippen molar-refractivity contribution < 1.29 is 0 Å². The van der Waals surface area contributed by atoms with E-state index in [2.05, 4.69) is 37.7 Å². The van der Waals surface area contributed by atoms with Gasteiger partial charge in [-0.25, -0.2) is 9.97 Å². The van der Waals surface area contributed by atoms with Gasteiger partial charge in [-0.3, -0.25) is 0 Å². The summed E-state index contributed by atoms with van der Waals surface area (Å²) >= 11 is 6.15. The molecule has 150 valence electrons. The molecule has 6 nitrogen and oxygen atoms in total. The van der Waals surface area contributed by atoms with Crippen LogP contribution in [0.1, 0.15) is 32.6 Å². The molecule has 4 rings (SSSR count). The molecular weight excluding hydrogens is 372 g/mol. The lowest BCUT2D eigenvalue weighted by Crippen LogP contribution is -2.47. The maximum Gasteiger partial charge on any atom is 0.157 e. The van der Waals surface area contributed by atoms with E-state index in [1.54, 1.807) is 6.33 Å². The molecule has 7 heteroatoms. The van der Waals surface area contributed by atoms with E-state index in [0.717, 1.165) is 61.5 Å². The molecule has 2 aromatic rings. The lowest BCUT2D eigenvalue weighted by atomic mass is 10.00. The van der Waals surface area contributed by atoms with Crippen molar-refractivity contribution in [3.63, 3.8) is 0 Å². The van der Waals surface area contributed by atoms with Crippen molar-refractivity contribution in [1.82, 2.24) is 9.97 Å². The highest BCUT2D eigenvalue weighted by molar-refractivity contribution is 6.30. The first-order valence-corrected chi connectivity index (χ1v) is 10.7. The molecule has 2 saturated heterocycles. The number of benzene rings is 1. The molecule has 1 atom stereocenters. The monoisotopic (exact) mass is 400 g/mol. The van der Waals surface area contributed by atoms with Crippen LogP contribution in [0.2, 0.25) is 5.02 Å². The molecule has 3 heterocycles. The zero-order valence-electron chi connectivity index (χ0n) is 16.5. The average molecular weight is 401 g/mol. The third-order valence-corrected chi connectivity index (χ3v) is 6.20. The summed E-state index contributed by atoms with van der Waals surface area (Å²) in [6.07, 6.45) is 6.50. The van der Waals surface area contributed by atoms with Crippen LogP contribution in [0.5, 0.6) is 0 Å². The van der Waals surface area contributed by atoms with Gasteiger partial charge in [0.05, 0.1) is 0 Å². The van der Waals surface area contributed by atoms with E-state index < -0.39 is 0 Å². The Kier molecular flexibility index (Phi) is 5.76. The maximum atomic E-state index is 6.59. The Balaban J connectivity index is 1.50. The first-order chi connectivity index (χ1) is 13.7. The molecular formula is C21H29ClN6. The molecule has 0 bridgehead atoms. The molecule has 28 heavy (non-hydrogen) atoms. The molecule has 0 radical (unpaired) electrons. The summed E-state index contributed by atoms with van der Waals surface area (Å²) in [7, 11) is 0. The van der Waals surface area contributed by atoms with Crippen LogP contribution in [0.25, 0.3) is 0 Å². The Morgan fingerprint density at radius 1 is 1.04 bits per heavy atom. The van der Waals surface area contributed by atoms with Crippen molar-refractivity contribution in [3.8, 4) is 0 Å². The Morgan fingerprint density at radius 2 is 1.79 bits per heavy atom. The zero-order chi connectivity index (χ0) is 19.5. The number of rotatable bonds is 4. The van der Waals surface area contributed by atoms with Crippen LogP contribution in [0.4, 0.5) is 23.0 Å². The van der Waals surface area contributed by atoms with Gasteiger partial charge in [-0.05, 0) is 43.9 Å². The van der Waals surface area contributed by atoms with E-state index in [9.17, 15) is 0 Å². The van der Waals surface area contributed by atoms with Gasteiger partial charge in [0.1, 0.15) is 12.0 Å². The molecule has 2 N–H and O–H groups in total. The third-order valence-electron chi connectivity index (χ3n) is 5.96. The summed E-state index contributed by atoms with van der Waals surface area (Å²) in [5, 5.41) is 0.775. The van der Waals surface area contributed by atoms with E-state index in [1.807, 2.05) is 18.2 Å². The van der Waals surface area contributed by atoms with Crippen LogP contribution in [-0.4, -0.2) is 48.7 Å². The Labute approximate surface area is 172 Å². The zero-order valence-corrected chi connectivity index (χ0v) is 17.3. The second kappa shape index (κ2) is 8.43. The van der Waals surface area contributed by atoms with E-state index >= 15 is 0 Å². The quantitative estimate of drug-likeness (QED) is 0.842. The molecule has 0 saturated carbocycles. The normalized spacial score (nSPS) is 20.5. The number of nitrogens with zero attached hydrogens (tertiary/aromatic N) is 5. The van der Waals surface area contributed by atoms with Crippen LogP contribution in [0.3, 0.4) is 0 Å². The second-order valence-electron chi connectivity index (χ2n) is 7.64. The first kappa shape index (κ1) is 19.1. The van der Waals surface area contributed by atoms with Crippen molar-refractivity contribution in [3.05, 3.63) is 35.6 Å². The third kappa shape index (κ3) is 3.83. The minimum absolute atomic E-state index is 0.526. The molecule has 0 amide bonds. The summed E-state index contributed by atoms with van der Waals surface area (Å²) in [6.45, 7) is 6.87. The van der Waals surface area contributed by atoms with Gasteiger partial charge < -0.3 is 20.4 Å². The number of nitrogens with two attached hydrogens (primary N) is 1. The minimum Gasteiger partial charge on any atom is -0.393 e. The van der Waals surface area contributed by atoms with Gasteiger partial charge in [-0.15, -0.1) is 0 Å². The van der Waals surface area contributed by atoms with Gasteiger partial charge in [-0.1, -0.05) is 24.6 Å². The van der Waals surface area contributed by atoms with Crippen molar-refractivity contribution in [2.45, 2.75) is 38.6 Å². The predicted molar refractivity (Wildman–Crippen MR) is 118 cm³/mol. The van der Waals surface area contributed by atoms with Crippen molar-refractivity contribution >= 4 is 34.6 Å². The number of piperidine rings is 1. The number of piperazine rings is 1. The topological polar surface area (TPSA) is 61.5 Å². The Hall–Kier alpha value is -2.21. The second-order valence-corrected chi connectivity index (χ2v) is 8.08. The standard InChI is InChI=1S/C21H29ClN6/c1-2-17-7-3-4-9-28(17)21-19(23)20(24-15-25-21)27-12-10-26(11-13-27)18-8-5-6-16(22)14-18/h5-6,8,14-15,17H,2-4,7,9-13,23H2,1H3. The van der Waals surface area contributed by atoms with E-state index in [1.165, 1.54) is 24.9 Å². The fraction of sp³-hybridized carbons (Fsp3) is 0.524. The molecule has 0 spiro atoms. The number of nitrogen functional groups attached to an aromatic ring is 1.